The smallest absolute Gasteiger partial charge is 0.208 e. The van der Waals surface area contributed by atoms with Gasteiger partial charge >= 0.3 is 0 Å². The Kier molecular flexibility index (Phi) is 3.54. The Morgan fingerprint density at radius 1 is 1.50 bits per heavy atom. The summed E-state index contributed by atoms with van der Waals surface area (Å²) in [6, 6.07) is 0.162. The van der Waals surface area contributed by atoms with Crippen LogP contribution in [-0.4, -0.2) is 44.8 Å². The first kappa shape index (κ1) is 13.3. The number of oxazole rings is 1. The maximum atomic E-state index is 5.67. The van der Waals surface area contributed by atoms with Crippen molar-refractivity contribution in [3.8, 4) is 0 Å². The molecule has 3 rings (SSSR count). The molecule has 20 heavy (non-hydrogen) atoms. The second kappa shape index (κ2) is 5.34. The van der Waals surface area contributed by atoms with Crippen molar-refractivity contribution in [2.45, 2.75) is 39.0 Å². The van der Waals surface area contributed by atoms with Crippen LogP contribution in [0.2, 0.25) is 0 Å². The van der Waals surface area contributed by atoms with Crippen LogP contribution in [0.3, 0.4) is 0 Å². The maximum Gasteiger partial charge on any atom is 0.208 e. The predicted octanol–water partition coefficient (Wildman–Crippen LogP) is 1.37. The Hall–Kier alpha value is -1.73. The molecule has 3 heterocycles. The zero-order valence-electron chi connectivity index (χ0n) is 12.0. The number of hydrogen-bond acceptors (Lipinski definition) is 6. The fourth-order valence-corrected chi connectivity index (χ4v) is 2.65. The second-order valence-corrected chi connectivity index (χ2v) is 5.16. The minimum atomic E-state index is 0.162. The molecule has 2 atom stereocenters. The van der Waals surface area contributed by atoms with E-state index in [2.05, 4.69) is 25.1 Å². The molecule has 0 spiro atoms. The Labute approximate surface area is 117 Å². The lowest BCUT2D eigenvalue weighted by Crippen LogP contribution is -2.25. The van der Waals surface area contributed by atoms with Crippen LogP contribution >= 0.6 is 0 Å². The lowest BCUT2D eigenvalue weighted by Gasteiger charge is -2.20. The average molecular weight is 277 g/mol. The molecular formula is C13H19N5O2. The number of ether oxygens (including phenoxy) is 1. The van der Waals surface area contributed by atoms with Crippen molar-refractivity contribution in [3.05, 3.63) is 29.5 Å². The van der Waals surface area contributed by atoms with E-state index in [4.69, 9.17) is 9.15 Å². The van der Waals surface area contributed by atoms with Crippen molar-refractivity contribution in [3.63, 3.8) is 0 Å². The van der Waals surface area contributed by atoms with Crippen LogP contribution in [0, 0.1) is 13.8 Å². The molecule has 0 unspecified atom stereocenters. The summed E-state index contributed by atoms with van der Waals surface area (Å²) < 4.78 is 11.2. The molecule has 2 aromatic rings. The summed E-state index contributed by atoms with van der Waals surface area (Å²) in [6.45, 7) is 5.38. The minimum absolute atomic E-state index is 0.162. The van der Waals surface area contributed by atoms with Gasteiger partial charge in [0.15, 0.2) is 0 Å². The van der Waals surface area contributed by atoms with E-state index in [1.165, 1.54) is 6.33 Å². The van der Waals surface area contributed by atoms with Gasteiger partial charge in [-0.25, -0.2) is 9.97 Å². The van der Waals surface area contributed by atoms with E-state index in [1.807, 2.05) is 13.8 Å². The van der Waals surface area contributed by atoms with Crippen LogP contribution < -0.4 is 0 Å². The van der Waals surface area contributed by atoms with Gasteiger partial charge < -0.3 is 9.15 Å². The van der Waals surface area contributed by atoms with E-state index in [-0.39, 0.29) is 12.1 Å². The van der Waals surface area contributed by atoms with Gasteiger partial charge in [-0.1, -0.05) is 0 Å². The van der Waals surface area contributed by atoms with Gasteiger partial charge in [0.05, 0.1) is 24.4 Å². The fraction of sp³-hybridized carbons (Fsp3) is 0.615. The first-order chi connectivity index (χ1) is 9.67. The second-order valence-electron chi connectivity index (χ2n) is 5.16. The number of aromatic amines is 1. The number of nitrogens with one attached hydrogen (secondary N) is 1. The first-order valence-electron chi connectivity index (χ1n) is 6.72. The number of aryl methyl sites for hydroxylation is 2. The molecule has 0 bridgehead atoms. The molecule has 0 aliphatic carbocycles. The first-order valence-corrected chi connectivity index (χ1v) is 6.72. The summed E-state index contributed by atoms with van der Waals surface area (Å²) in [5, 5.41) is 6.88. The third-order valence-electron chi connectivity index (χ3n) is 3.86. The van der Waals surface area contributed by atoms with Crippen molar-refractivity contribution >= 4 is 0 Å². The van der Waals surface area contributed by atoms with Gasteiger partial charge in [0, 0.05) is 13.7 Å². The van der Waals surface area contributed by atoms with E-state index < -0.39 is 0 Å². The van der Waals surface area contributed by atoms with E-state index in [1.54, 1.807) is 7.11 Å². The summed E-state index contributed by atoms with van der Waals surface area (Å²) >= 11 is 0. The molecule has 7 heteroatoms. The third kappa shape index (κ3) is 2.46. The molecule has 2 aromatic heterocycles. The molecule has 1 aliphatic heterocycles. The Bertz CT molecular complexity index is 546. The standard InChI is InChI=1S/C13H19N5O2/c1-8-9(2)20-12(16-8)6-18-5-10(19-3)4-11(18)13-14-7-15-17-13/h7,10-11H,4-6H2,1-3H3,(H,14,15,17)/t10-,11+/m1/s1. The highest BCUT2D eigenvalue weighted by molar-refractivity contribution is 5.06. The van der Waals surface area contributed by atoms with E-state index in [0.717, 1.165) is 36.1 Å². The molecule has 108 valence electrons. The van der Waals surface area contributed by atoms with Crippen molar-refractivity contribution in [1.82, 2.24) is 25.1 Å². The normalized spacial score (nSPS) is 23.6. The molecule has 1 saturated heterocycles. The van der Waals surface area contributed by atoms with Crippen molar-refractivity contribution in [2.24, 2.45) is 0 Å². The van der Waals surface area contributed by atoms with Crippen molar-refractivity contribution < 1.29 is 9.15 Å². The highest BCUT2D eigenvalue weighted by Crippen LogP contribution is 2.32. The number of likely N-dealkylation sites (tertiary alicyclic amines) is 1. The number of aromatic nitrogens is 4. The molecule has 1 fully saturated rings. The minimum Gasteiger partial charge on any atom is -0.444 e. The Balaban J connectivity index is 1.78. The molecule has 1 N–H and O–H groups in total. The summed E-state index contributed by atoms with van der Waals surface area (Å²) in [5.41, 5.74) is 0.943. The highest BCUT2D eigenvalue weighted by atomic mass is 16.5. The summed E-state index contributed by atoms with van der Waals surface area (Å²) in [5.74, 6) is 2.48. The van der Waals surface area contributed by atoms with Crippen LogP contribution in [0.15, 0.2) is 10.7 Å². The van der Waals surface area contributed by atoms with Crippen LogP contribution in [-0.2, 0) is 11.3 Å². The zero-order valence-corrected chi connectivity index (χ0v) is 12.0. The van der Waals surface area contributed by atoms with Crippen LogP contribution in [0.4, 0.5) is 0 Å². The van der Waals surface area contributed by atoms with Gasteiger partial charge in [-0.3, -0.25) is 10.00 Å². The quantitative estimate of drug-likeness (QED) is 0.909. The largest absolute Gasteiger partial charge is 0.444 e. The number of rotatable bonds is 4. The molecule has 0 amide bonds. The monoisotopic (exact) mass is 277 g/mol. The van der Waals surface area contributed by atoms with Gasteiger partial charge in [0.25, 0.3) is 0 Å². The lowest BCUT2D eigenvalue weighted by atomic mass is 10.2. The topological polar surface area (TPSA) is 80.1 Å². The van der Waals surface area contributed by atoms with Crippen molar-refractivity contribution in [2.75, 3.05) is 13.7 Å². The molecule has 1 aliphatic rings. The Morgan fingerprint density at radius 2 is 2.35 bits per heavy atom. The van der Waals surface area contributed by atoms with Gasteiger partial charge in [0.1, 0.15) is 17.9 Å². The summed E-state index contributed by atoms with van der Waals surface area (Å²) in [4.78, 5) is 11.0. The zero-order chi connectivity index (χ0) is 14.1. The Morgan fingerprint density at radius 3 is 2.95 bits per heavy atom. The molecule has 7 nitrogen and oxygen atoms in total. The van der Waals surface area contributed by atoms with Crippen LogP contribution in [0.1, 0.15) is 35.6 Å². The number of methoxy groups -OCH3 is 1. The molecule has 0 radical (unpaired) electrons. The van der Waals surface area contributed by atoms with Gasteiger partial charge in [-0.15, -0.1) is 0 Å². The van der Waals surface area contributed by atoms with Gasteiger partial charge in [-0.05, 0) is 20.3 Å². The third-order valence-corrected chi connectivity index (χ3v) is 3.86. The maximum absolute atomic E-state index is 5.67. The van der Waals surface area contributed by atoms with Gasteiger partial charge in [0.2, 0.25) is 5.89 Å². The predicted molar refractivity (Wildman–Crippen MR) is 70.9 cm³/mol. The van der Waals surface area contributed by atoms with Gasteiger partial charge in [-0.2, -0.15) is 5.10 Å². The van der Waals surface area contributed by atoms with Crippen molar-refractivity contribution in [1.29, 1.82) is 0 Å². The number of hydrogen-bond donors (Lipinski definition) is 1. The van der Waals surface area contributed by atoms with E-state index in [9.17, 15) is 0 Å². The summed E-state index contributed by atoms with van der Waals surface area (Å²) in [6.07, 6.45) is 2.62. The average Bonchev–Trinajstić information content (AvgIpc) is 3.11. The number of H-pyrrole nitrogens is 1. The van der Waals surface area contributed by atoms with E-state index in [0.29, 0.717) is 6.54 Å². The molecular weight excluding hydrogens is 258 g/mol. The number of nitrogens with zero attached hydrogens (tertiary/aromatic N) is 4. The van der Waals surface area contributed by atoms with Crippen LogP contribution in [0.25, 0.3) is 0 Å². The summed E-state index contributed by atoms with van der Waals surface area (Å²) in [7, 11) is 1.74. The molecule has 0 saturated carbocycles. The fourth-order valence-electron chi connectivity index (χ4n) is 2.65. The van der Waals surface area contributed by atoms with E-state index >= 15 is 0 Å². The highest BCUT2D eigenvalue weighted by Gasteiger charge is 2.35. The molecule has 0 aromatic carbocycles. The SMILES string of the molecule is CO[C@@H]1C[C@@H](c2ncn[nH]2)N(Cc2nc(C)c(C)o2)C1. The lowest BCUT2D eigenvalue weighted by molar-refractivity contribution is 0.106. The van der Waals surface area contributed by atoms with Crippen LogP contribution in [0.5, 0.6) is 0 Å².